The third kappa shape index (κ3) is 12.0. The van der Waals surface area contributed by atoms with E-state index in [2.05, 4.69) is 32.9 Å². The summed E-state index contributed by atoms with van der Waals surface area (Å²) < 4.78 is 37.2. The number of carboxylic acids is 1. The third-order valence-corrected chi connectivity index (χ3v) is 8.53. The summed E-state index contributed by atoms with van der Waals surface area (Å²) in [6.07, 6.45) is 6.73. The Labute approximate surface area is 278 Å². The maximum atomic E-state index is 15.0. The molecule has 2 aliphatic rings. The van der Waals surface area contributed by atoms with Gasteiger partial charge in [0.2, 0.25) is 0 Å². The van der Waals surface area contributed by atoms with E-state index in [0.29, 0.717) is 58.2 Å². The van der Waals surface area contributed by atoms with E-state index in [1.165, 1.54) is 41.1 Å². The fraction of sp³-hybridized carbons (Fsp3) is 0.639. The molecule has 0 radical (unpaired) electrons. The molecule has 1 aliphatic carbocycles. The number of nitrogens with zero attached hydrogens (tertiary/aromatic N) is 3. The number of carbonyl (C=O) groups is 2. The summed E-state index contributed by atoms with van der Waals surface area (Å²) in [5.74, 6) is -1.64. The molecule has 2 heterocycles. The van der Waals surface area contributed by atoms with Crippen LogP contribution in [0.2, 0.25) is 0 Å². The van der Waals surface area contributed by atoms with E-state index in [1.54, 1.807) is 11.0 Å². The number of aromatic nitrogens is 1. The number of ether oxygens (including phenoxy) is 4. The van der Waals surface area contributed by atoms with Crippen LogP contribution in [0.15, 0.2) is 30.3 Å². The molecule has 1 aliphatic heterocycles. The molecule has 1 saturated heterocycles. The van der Waals surface area contributed by atoms with E-state index in [0.717, 1.165) is 37.8 Å². The maximum absolute atomic E-state index is 15.0. The predicted octanol–water partition coefficient (Wildman–Crippen LogP) is 5.85. The molecule has 2 amide bonds. The molecular weight excluding hydrogens is 605 g/mol. The Morgan fingerprint density at radius 1 is 0.957 bits per heavy atom. The fourth-order valence-corrected chi connectivity index (χ4v) is 5.86. The summed E-state index contributed by atoms with van der Waals surface area (Å²) >= 11 is 0. The lowest BCUT2D eigenvalue weighted by Gasteiger charge is -2.27. The van der Waals surface area contributed by atoms with Crippen LogP contribution in [0.5, 0.6) is 5.75 Å². The largest absolute Gasteiger partial charge is 0.488 e. The number of hydrogen-bond donors (Lipinski definition) is 1. The second-order valence-electron chi connectivity index (χ2n) is 13.5. The van der Waals surface area contributed by atoms with Gasteiger partial charge in [0.1, 0.15) is 6.61 Å². The number of benzene rings is 1. The van der Waals surface area contributed by atoms with E-state index in [9.17, 15) is 14.7 Å². The number of amides is 2. The van der Waals surface area contributed by atoms with Crippen molar-refractivity contribution in [1.29, 1.82) is 0 Å². The zero-order valence-electron chi connectivity index (χ0n) is 28.3. The van der Waals surface area contributed by atoms with E-state index < -0.39 is 17.8 Å². The van der Waals surface area contributed by atoms with Crippen molar-refractivity contribution < 1.29 is 38.0 Å². The van der Waals surface area contributed by atoms with Crippen LogP contribution in [-0.2, 0) is 38.3 Å². The molecule has 0 bridgehead atoms. The highest BCUT2D eigenvalue weighted by molar-refractivity contribution is 5.78. The van der Waals surface area contributed by atoms with Gasteiger partial charge in [-0.2, -0.15) is 0 Å². The second-order valence-corrected chi connectivity index (χ2v) is 13.5. The lowest BCUT2D eigenvalue weighted by atomic mass is 9.93. The Hall–Kier alpha value is -3.28. The summed E-state index contributed by atoms with van der Waals surface area (Å²) in [4.78, 5) is 33.2. The molecule has 10 nitrogen and oxygen atoms in total. The van der Waals surface area contributed by atoms with Crippen molar-refractivity contribution >= 4 is 12.0 Å². The van der Waals surface area contributed by atoms with Crippen LogP contribution < -0.4 is 4.74 Å². The molecule has 1 aromatic carbocycles. The number of rotatable bonds is 20. The topological polar surface area (TPSA) is 111 Å². The minimum absolute atomic E-state index is 0.0419. The average Bonchev–Trinajstić information content (AvgIpc) is 3.39. The number of aryl methyl sites for hydroxylation is 3. The van der Waals surface area contributed by atoms with Crippen LogP contribution in [0.1, 0.15) is 81.4 Å². The molecule has 47 heavy (non-hydrogen) atoms. The normalized spacial score (nSPS) is 15.6. The van der Waals surface area contributed by atoms with Crippen LogP contribution in [0.3, 0.4) is 0 Å². The number of fused-ring (bicyclic) bond motifs is 1. The molecule has 1 atom stereocenters. The van der Waals surface area contributed by atoms with Crippen LogP contribution in [0.4, 0.5) is 9.18 Å². The lowest BCUT2D eigenvalue weighted by Crippen LogP contribution is -2.36. The van der Waals surface area contributed by atoms with Crippen molar-refractivity contribution in [3.8, 4) is 5.75 Å². The molecule has 0 unspecified atom stereocenters. The zero-order chi connectivity index (χ0) is 33.6. The monoisotopic (exact) mass is 657 g/mol. The molecule has 4 rings (SSSR count). The first-order chi connectivity index (χ1) is 22.6. The van der Waals surface area contributed by atoms with Crippen molar-refractivity contribution in [3.63, 3.8) is 0 Å². The van der Waals surface area contributed by atoms with Gasteiger partial charge in [-0.15, -0.1) is 0 Å². The van der Waals surface area contributed by atoms with Crippen LogP contribution in [0.25, 0.3) is 0 Å². The SMILES string of the molecule is CC(C)(C)CCOCCOCCOCCOc1ccc([C@@H](CC(=O)O)N2CCN(CCCc3ccc4c(n3)CCCC4)C2=O)cc1F. The highest BCUT2D eigenvalue weighted by Gasteiger charge is 2.35. The smallest absolute Gasteiger partial charge is 0.320 e. The molecule has 1 N–H and O–H groups in total. The average molecular weight is 658 g/mol. The Bertz CT molecular complexity index is 1300. The first kappa shape index (κ1) is 36.6. The molecule has 0 spiro atoms. The zero-order valence-corrected chi connectivity index (χ0v) is 28.3. The summed E-state index contributed by atoms with van der Waals surface area (Å²) in [5.41, 5.74) is 4.26. The van der Waals surface area contributed by atoms with Gasteiger partial charge in [-0.05, 0) is 79.7 Å². The van der Waals surface area contributed by atoms with Gasteiger partial charge in [0.05, 0.1) is 45.5 Å². The van der Waals surface area contributed by atoms with Gasteiger partial charge in [-0.1, -0.05) is 32.9 Å². The summed E-state index contributed by atoms with van der Waals surface area (Å²) in [6, 6.07) is 7.62. The summed E-state index contributed by atoms with van der Waals surface area (Å²) in [7, 11) is 0. The Balaban J connectivity index is 1.18. The number of carboxylic acid groups (broad SMARTS) is 1. The van der Waals surface area contributed by atoms with Gasteiger partial charge in [-0.3, -0.25) is 9.78 Å². The van der Waals surface area contributed by atoms with Crippen molar-refractivity contribution in [1.82, 2.24) is 14.8 Å². The third-order valence-electron chi connectivity index (χ3n) is 8.53. The molecule has 1 fully saturated rings. The minimum atomic E-state index is -1.06. The van der Waals surface area contributed by atoms with Crippen molar-refractivity contribution in [3.05, 3.63) is 58.7 Å². The summed E-state index contributed by atoms with van der Waals surface area (Å²) in [6.45, 7) is 10.9. The van der Waals surface area contributed by atoms with Crippen molar-refractivity contribution in [2.75, 3.05) is 65.9 Å². The molecular formula is C36H52FN3O7. The molecule has 2 aromatic rings. The van der Waals surface area contributed by atoms with Gasteiger partial charge in [0, 0.05) is 37.6 Å². The first-order valence-electron chi connectivity index (χ1n) is 17.0. The van der Waals surface area contributed by atoms with Gasteiger partial charge in [-0.25, -0.2) is 9.18 Å². The van der Waals surface area contributed by atoms with Crippen molar-refractivity contribution in [2.45, 2.75) is 78.2 Å². The highest BCUT2D eigenvalue weighted by Crippen LogP contribution is 2.31. The van der Waals surface area contributed by atoms with E-state index in [-0.39, 0.29) is 36.8 Å². The number of aliphatic carboxylic acids is 1. The Morgan fingerprint density at radius 2 is 1.66 bits per heavy atom. The number of carbonyl (C=O) groups excluding carboxylic acids is 1. The quantitative estimate of drug-likeness (QED) is 0.177. The van der Waals surface area contributed by atoms with E-state index in [4.69, 9.17) is 23.9 Å². The van der Waals surface area contributed by atoms with Crippen LogP contribution in [-0.4, -0.2) is 97.8 Å². The van der Waals surface area contributed by atoms with Gasteiger partial charge in [0.25, 0.3) is 0 Å². The first-order valence-corrected chi connectivity index (χ1v) is 17.0. The van der Waals surface area contributed by atoms with Gasteiger partial charge in [0.15, 0.2) is 11.6 Å². The number of urea groups is 1. The minimum Gasteiger partial charge on any atom is -0.488 e. The highest BCUT2D eigenvalue weighted by atomic mass is 19.1. The number of halogens is 1. The molecule has 11 heteroatoms. The standard InChI is InChI=1S/C36H52FN3O7/c1-36(2,3)14-18-44-19-20-45-21-22-46-23-24-47-33-13-11-28(25-30(33)37)32(26-34(41)42)40-17-16-39(35(40)43)15-6-8-29-12-10-27-7-4-5-9-31(27)38-29/h10-13,25,32H,4-9,14-24,26H2,1-3H3,(H,41,42)/t32-/m1/s1. The van der Waals surface area contributed by atoms with Crippen LogP contribution in [0, 0.1) is 11.2 Å². The predicted molar refractivity (Wildman–Crippen MR) is 176 cm³/mol. The number of pyridine rings is 1. The lowest BCUT2D eigenvalue weighted by molar-refractivity contribution is -0.138. The Kier molecular flexibility index (Phi) is 14.2. The molecule has 0 saturated carbocycles. The van der Waals surface area contributed by atoms with Crippen molar-refractivity contribution in [2.24, 2.45) is 5.41 Å². The fourth-order valence-electron chi connectivity index (χ4n) is 5.86. The second kappa shape index (κ2) is 18.3. The van der Waals surface area contributed by atoms with E-state index >= 15 is 4.39 Å². The van der Waals surface area contributed by atoms with Crippen LogP contribution >= 0.6 is 0 Å². The van der Waals surface area contributed by atoms with Gasteiger partial charge >= 0.3 is 12.0 Å². The summed E-state index contributed by atoms with van der Waals surface area (Å²) in [5, 5.41) is 9.62. The maximum Gasteiger partial charge on any atom is 0.320 e. The molecule has 260 valence electrons. The Morgan fingerprint density at radius 3 is 2.36 bits per heavy atom. The van der Waals surface area contributed by atoms with E-state index in [1.807, 2.05) is 0 Å². The number of hydrogen-bond acceptors (Lipinski definition) is 7. The van der Waals surface area contributed by atoms with Gasteiger partial charge < -0.3 is 33.9 Å². The molecule has 1 aromatic heterocycles.